The number of aryl methyl sites for hydroxylation is 1. The summed E-state index contributed by atoms with van der Waals surface area (Å²) >= 11 is 0. The minimum atomic E-state index is 1.03. The van der Waals surface area contributed by atoms with Crippen LogP contribution in [0.2, 0.25) is 0 Å². The molecule has 0 amide bonds. The van der Waals surface area contributed by atoms with E-state index >= 15 is 0 Å². The summed E-state index contributed by atoms with van der Waals surface area (Å²) in [6.45, 7) is 0. The summed E-state index contributed by atoms with van der Waals surface area (Å²) in [6.07, 6.45) is 4.52. The largest absolute Gasteiger partial charge is 0.0623 e. The van der Waals surface area contributed by atoms with Crippen LogP contribution in [0.25, 0.3) is 66.2 Å². The van der Waals surface area contributed by atoms with E-state index < -0.39 is 0 Å². The van der Waals surface area contributed by atoms with Gasteiger partial charge in [-0.1, -0.05) is 158 Å². The van der Waals surface area contributed by atoms with Crippen molar-refractivity contribution in [2.24, 2.45) is 0 Å². The molecular formula is C44H32. The molecule has 0 N–H and O–H groups in total. The molecule has 0 saturated carbocycles. The lowest BCUT2D eigenvalue weighted by molar-refractivity contribution is 1.00. The fourth-order valence-electron chi connectivity index (χ4n) is 6.87. The van der Waals surface area contributed by atoms with E-state index in [1.165, 1.54) is 76.8 Å². The summed E-state index contributed by atoms with van der Waals surface area (Å²) < 4.78 is 0. The molecule has 0 spiro atoms. The van der Waals surface area contributed by atoms with Crippen molar-refractivity contribution < 1.29 is 0 Å². The highest BCUT2D eigenvalue weighted by atomic mass is 14.2. The molecule has 0 heterocycles. The third-order valence-corrected chi connectivity index (χ3v) is 8.98. The van der Waals surface area contributed by atoms with E-state index in [0.717, 1.165) is 12.8 Å². The summed E-state index contributed by atoms with van der Waals surface area (Å²) in [5.74, 6) is 0. The van der Waals surface area contributed by atoms with E-state index in [1.54, 1.807) is 0 Å². The van der Waals surface area contributed by atoms with Crippen molar-refractivity contribution in [1.82, 2.24) is 0 Å². The van der Waals surface area contributed by atoms with E-state index in [1.807, 2.05) is 0 Å². The Hall–Kier alpha value is -5.46. The fourth-order valence-corrected chi connectivity index (χ4v) is 6.87. The van der Waals surface area contributed by atoms with Crippen LogP contribution < -0.4 is 0 Å². The van der Waals surface area contributed by atoms with E-state index in [9.17, 15) is 0 Å². The van der Waals surface area contributed by atoms with Crippen LogP contribution in [0.4, 0.5) is 0 Å². The van der Waals surface area contributed by atoms with Gasteiger partial charge < -0.3 is 0 Å². The zero-order valence-electron chi connectivity index (χ0n) is 24.6. The molecule has 0 saturated heterocycles. The second-order valence-electron chi connectivity index (χ2n) is 11.6. The Bertz CT molecular complexity index is 2260. The van der Waals surface area contributed by atoms with Crippen LogP contribution in [0.5, 0.6) is 0 Å². The van der Waals surface area contributed by atoms with Crippen LogP contribution in [0.1, 0.15) is 23.1 Å². The molecule has 7 aromatic rings. The monoisotopic (exact) mass is 560 g/mol. The number of hydrogen-bond donors (Lipinski definition) is 0. The predicted octanol–water partition coefficient (Wildman–Crippen LogP) is 12.1. The molecule has 0 aromatic heterocycles. The Morgan fingerprint density at radius 2 is 0.932 bits per heavy atom. The second-order valence-corrected chi connectivity index (χ2v) is 11.6. The third kappa shape index (κ3) is 4.75. The SMILES string of the molecule is C1=C(c2c3ccccc3c(-c3ccccccccc3)c3ccc(-c4ccc5ccccc5c4)cc23)CCc2ccccc21. The van der Waals surface area contributed by atoms with Gasteiger partial charge >= 0.3 is 0 Å². The Morgan fingerprint density at radius 3 is 1.75 bits per heavy atom. The van der Waals surface area contributed by atoms with E-state index in [-0.39, 0.29) is 0 Å². The van der Waals surface area contributed by atoms with Crippen LogP contribution >= 0.6 is 0 Å². The standard InChI is InChI=1S/C44H32/c1-2-4-6-16-33(17-7-5-3-1)43-39-20-12-13-21-40(39)44(38-25-23-32-15-9-11-19-35(32)29-38)42-30-37(26-27-41(42)43)36-24-22-31-14-8-10-18-34(31)28-36/h1-22,24,26-30H,23,25H2. The fraction of sp³-hybridized carbons (Fsp3) is 0.0455. The summed E-state index contributed by atoms with van der Waals surface area (Å²) in [5, 5.41) is 7.71. The normalized spacial score (nSPS) is 12.5. The maximum absolute atomic E-state index is 2.44. The molecule has 7 aromatic carbocycles. The van der Waals surface area contributed by atoms with Crippen molar-refractivity contribution in [1.29, 1.82) is 0 Å². The highest BCUT2D eigenvalue weighted by molar-refractivity contribution is 6.20. The minimum absolute atomic E-state index is 1.03. The van der Waals surface area contributed by atoms with Crippen LogP contribution in [0.3, 0.4) is 0 Å². The van der Waals surface area contributed by atoms with E-state index in [2.05, 4.69) is 170 Å². The van der Waals surface area contributed by atoms with Gasteiger partial charge in [-0.3, -0.25) is 0 Å². The van der Waals surface area contributed by atoms with Gasteiger partial charge in [-0.05, 0) is 102 Å². The van der Waals surface area contributed by atoms with Gasteiger partial charge in [-0.25, -0.2) is 0 Å². The number of allylic oxidation sites excluding steroid dienone is 1. The number of fused-ring (bicyclic) bond motifs is 4. The van der Waals surface area contributed by atoms with Crippen molar-refractivity contribution in [3.8, 4) is 22.3 Å². The summed E-state index contributed by atoms with van der Waals surface area (Å²) in [4.78, 5) is 0. The predicted molar refractivity (Wildman–Crippen MR) is 190 cm³/mol. The average Bonchev–Trinajstić information content (AvgIpc) is 3.09. The molecule has 0 heteroatoms. The quantitative estimate of drug-likeness (QED) is 0.189. The number of rotatable bonds is 3. The van der Waals surface area contributed by atoms with Gasteiger partial charge in [0.2, 0.25) is 0 Å². The summed E-state index contributed by atoms with van der Waals surface area (Å²) in [7, 11) is 0. The Morgan fingerprint density at radius 1 is 0.341 bits per heavy atom. The Labute approximate surface area is 258 Å². The lowest BCUT2D eigenvalue weighted by atomic mass is 9.81. The number of hydrogen-bond acceptors (Lipinski definition) is 0. The van der Waals surface area contributed by atoms with Crippen molar-refractivity contribution in [2.75, 3.05) is 0 Å². The second kappa shape index (κ2) is 11.3. The average molecular weight is 561 g/mol. The highest BCUT2D eigenvalue weighted by Gasteiger charge is 2.20. The molecule has 1 aliphatic carbocycles. The Balaban J connectivity index is 1.47. The van der Waals surface area contributed by atoms with Gasteiger partial charge in [-0.2, -0.15) is 0 Å². The van der Waals surface area contributed by atoms with Crippen LogP contribution in [-0.2, 0) is 6.42 Å². The molecular weight excluding hydrogens is 528 g/mol. The van der Waals surface area contributed by atoms with Crippen LogP contribution in [0, 0.1) is 0 Å². The third-order valence-electron chi connectivity index (χ3n) is 8.98. The molecule has 0 radical (unpaired) electrons. The highest BCUT2D eigenvalue weighted by Crippen LogP contribution is 2.45. The molecule has 1 aliphatic rings. The van der Waals surface area contributed by atoms with E-state index in [4.69, 9.17) is 0 Å². The maximum atomic E-state index is 2.44. The molecule has 0 nitrogen and oxygen atoms in total. The molecule has 0 aliphatic heterocycles. The van der Waals surface area contributed by atoms with E-state index in [0.29, 0.717) is 0 Å². The summed E-state index contributed by atoms with van der Waals surface area (Å²) in [6, 6.07) is 59.6. The van der Waals surface area contributed by atoms with Gasteiger partial charge in [-0.15, -0.1) is 0 Å². The van der Waals surface area contributed by atoms with Crippen LogP contribution in [0.15, 0.2) is 164 Å². The first-order valence-electron chi connectivity index (χ1n) is 15.5. The first-order chi connectivity index (χ1) is 21.8. The van der Waals surface area contributed by atoms with Crippen molar-refractivity contribution in [3.05, 3.63) is 180 Å². The molecule has 0 fully saturated rings. The molecule has 8 rings (SSSR count). The molecule has 0 unspecified atom stereocenters. The first-order valence-corrected chi connectivity index (χ1v) is 15.5. The lowest BCUT2D eigenvalue weighted by Gasteiger charge is -2.23. The minimum Gasteiger partial charge on any atom is -0.0623 e. The zero-order valence-corrected chi connectivity index (χ0v) is 24.6. The Kier molecular flexibility index (Phi) is 6.74. The molecule has 0 atom stereocenters. The topological polar surface area (TPSA) is 0 Å². The number of benzene rings is 6. The molecule has 44 heavy (non-hydrogen) atoms. The van der Waals surface area contributed by atoms with Gasteiger partial charge in [0.25, 0.3) is 0 Å². The zero-order chi connectivity index (χ0) is 29.3. The lowest BCUT2D eigenvalue weighted by Crippen LogP contribution is -2.01. The first kappa shape index (κ1) is 26.2. The van der Waals surface area contributed by atoms with Crippen molar-refractivity contribution >= 4 is 44.0 Å². The smallest absolute Gasteiger partial charge is 0.00264 e. The van der Waals surface area contributed by atoms with Gasteiger partial charge in [0.1, 0.15) is 0 Å². The van der Waals surface area contributed by atoms with Gasteiger partial charge in [0, 0.05) is 0 Å². The van der Waals surface area contributed by atoms with Gasteiger partial charge in [0.05, 0.1) is 0 Å². The molecule has 208 valence electrons. The maximum Gasteiger partial charge on any atom is -0.00264 e. The molecule has 0 bridgehead atoms. The van der Waals surface area contributed by atoms with Gasteiger partial charge in [0.15, 0.2) is 0 Å². The van der Waals surface area contributed by atoms with Crippen LogP contribution in [-0.4, -0.2) is 0 Å². The summed E-state index contributed by atoms with van der Waals surface area (Å²) in [5.41, 5.74) is 10.5. The van der Waals surface area contributed by atoms with Crippen molar-refractivity contribution in [3.63, 3.8) is 0 Å². The van der Waals surface area contributed by atoms with Crippen molar-refractivity contribution in [2.45, 2.75) is 12.8 Å².